The summed E-state index contributed by atoms with van der Waals surface area (Å²) in [7, 11) is 3.10. The smallest absolute Gasteiger partial charge is 0.259 e. The number of nitrogens with one attached hydrogen (secondary N) is 2. The summed E-state index contributed by atoms with van der Waals surface area (Å²) >= 11 is 0. The van der Waals surface area contributed by atoms with Gasteiger partial charge < -0.3 is 9.47 Å². The van der Waals surface area contributed by atoms with Crippen molar-refractivity contribution in [2.75, 3.05) is 14.2 Å². The van der Waals surface area contributed by atoms with Crippen LogP contribution in [-0.2, 0) is 4.79 Å². The fraction of sp³-hybridized carbons (Fsp3) is 0.222. The molecule has 8 heteroatoms. The van der Waals surface area contributed by atoms with E-state index < -0.39 is 11.9 Å². The Labute approximate surface area is 150 Å². The molecule has 134 valence electrons. The summed E-state index contributed by atoms with van der Waals surface area (Å²) in [4.78, 5) is 32.7. The number of hydrogen-bond donors (Lipinski definition) is 2. The molecule has 1 aromatic carbocycles. The van der Waals surface area contributed by atoms with Crippen molar-refractivity contribution in [2.45, 2.75) is 12.5 Å². The first-order valence-corrected chi connectivity index (χ1v) is 7.91. The van der Waals surface area contributed by atoms with Gasteiger partial charge in [0.1, 0.15) is 11.5 Å². The van der Waals surface area contributed by atoms with Crippen molar-refractivity contribution in [3.05, 3.63) is 53.9 Å². The number of rotatable bonds is 4. The Morgan fingerprint density at radius 1 is 1.27 bits per heavy atom. The number of guanidine groups is 1. The Bertz CT molecular complexity index is 852. The molecule has 0 saturated carbocycles. The summed E-state index contributed by atoms with van der Waals surface area (Å²) in [5, 5.41) is 5.17. The zero-order valence-corrected chi connectivity index (χ0v) is 14.4. The van der Waals surface area contributed by atoms with E-state index in [1.165, 1.54) is 6.20 Å². The van der Waals surface area contributed by atoms with Crippen LogP contribution in [-0.4, -0.2) is 37.0 Å². The number of hydrogen-bond acceptors (Lipinski definition) is 6. The van der Waals surface area contributed by atoms with E-state index in [0.29, 0.717) is 22.6 Å². The van der Waals surface area contributed by atoms with Gasteiger partial charge in [0.25, 0.3) is 5.91 Å². The molecule has 1 aliphatic heterocycles. The highest BCUT2D eigenvalue weighted by Gasteiger charge is 2.26. The second-order valence-electron chi connectivity index (χ2n) is 5.55. The van der Waals surface area contributed by atoms with Gasteiger partial charge >= 0.3 is 0 Å². The number of nitrogens with zero attached hydrogens (tertiary/aromatic N) is 2. The quantitative estimate of drug-likeness (QED) is 0.865. The Kier molecular flexibility index (Phi) is 5.12. The van der Waals surface area contributed by atoms with Crippen LogP contribution in [0.1, 0.15) is 28.4 Å². The number of benzene rings is 1. The molecule has 1 unspecified atom stereocenters. The zero-order chi connectivity index (χ0) is 18.5. The molecule has 2 heterocycles. The Morgan fingerprint density at radius 2 is 2.12 bits per heavy atom. The standard InChI is InChI=1S/C18H18N4O4/c1-25-12-5-6-15(26-2)13(8-12)14-9-16(23)21-18(20-14)22-17(24)11-4-3-7-19-10-11/h3-8,10,14H,9H2,1-2H3,(H2,20,21,22,23,24). The van der Waals surface area contributed by atoms with Crippen molar-refractivity contribution in [3.8, 4) is 11.5 Å². The number of amides is 2. The fourth-order valence-corrected chi connectivity index (χ4v) is 2.61. The van der Waals surface area contributed by atoms with Crippen LogP contribution < -0.4 is 20.1 Å². The van der Waals surface area contributed by atoms with E-state index in [1.54, 1.807) is 50.7 Å². The lowest BCUT2D eigenvalue weighted by molar-refractivity contribution is -0.120. The molecule has 0 aliphatic carbocycles. The molecule has 0 radical (unpaired) electrons. The van der Waals surface area contributed by atoms with Crippen molar-refractivity contribution in [1.82, 2.24) is 15.6 Å². The van der Waals surface area contributed by atoms with E-state index in [1.807, 2.05) is 0 Å². The minimum atomic E-state index is -0.502. The van der Waals surface area contributed by atoms with Crippen LogP contribution in [0.15, 0.2) is 47.7 Å². The largest absolute Gasteiger partial charge is 0.497 e. The van der Waals surface area contributed by atoms with E-state index in [-0.39, 0.29) is 18.3 Å². The van der Waals surface area contributed by atoms with Crippen LogP contribution in [0.25, 0.3) is 0 Å². The van der Waals surface area contributed by atoms with Gasteiger partial charge in [-0.05, 0) is 30.3 Å². The van der Waals surface area contributed by atoms with E-state index >= 15 is 0 Å². The summed E-state index contributed by atoms with van der Waals surface area (Å²) in [5.41, 5.74) is 1.07. The zero-order valence-electron chi connectivity index (χ0n) is 14.4. The molecule has 1 aliphatic rings. The third kappa shape index (κ3) is 3.80. The predicted molar refractivity (Wildman–Crippen MR) is 94.2 cm³/mol. The van der Waals surface area contributed by atoms with Gasteiger partial charge in [0.15, 0.2) is 0 Å². The van der Waals surface area contributed by atoms with Crippen LogP contribution in [0.4, 0.5) is 0 Å². The maximum absolute atomic E-state index is 12.3. The molecule has 1 aromatic heterocycles. The molecule has 2 amide bonds. The first kappa shape index (κ1) is 17.4. The van der Waals surface area contributed by atoms with Crippen LogP contribution in [0.5, 0.6) is 11.5 Å². The van der Waals surface area contributed by atoms with Crippen molar-refractivity contribution < 1.29 is 19.1 Å². The van der Waals surface area contributed by atoms with Crippen molar-refractivity contribution in [2.24, 2.45) is 4.99 Å². The third-order valence-corrected chi connectivity index (χ3v) is 3.87. The number of aromatic nitrogens is 1. The summed E-state index contributed by atoms with van der Waals surface area (Å²) in [6.45, 7) is 0. The van der Waals surface area contributed by atoms with Crippen molar-refractivity contribution in [1.29, 1.82) is 0 Å². The Morgan fingerprint density at radius 3 is 2.81 bits per heavy atom. The van der Waals surface area contributed by atoms with Gasteiger partial charge in [0.05, 0.1) is 32.2 Å². The van der Waals surface area contributed by atoms with E-state index in [2.05, 4.69) is 20.6 Å². The SMILES string of the molecule is COc1ccc(OC)c(C2CC(=O)NC(NC(=O)c3cccnc3)=N2)c1. The number of pyridine rings is 1. The summed E-state index contributed by atoms with van der Waals surface area (Å²) in [6.07, 6.45) is 3.14. The predicted octanol–water partition coefficient (Wildman–Crippen LogP) is 1.45. The van der Waals surface area contributed by atoms with Crippen LogP contribution in [0.2, 0.25) is 0 Å². The lowest BCUT2D eigenvalue weighted by Crippen LogP contribution is -2.47. The van der Waals surface area contributed by atoms with Gasteiger partial charge in [0.2, 0.25) is 11.9 Å². The minimum Gasteiger partial charge on any atom is -0.497 e. The van der Waals surface area contributed by atoms with Gasteiger partial charge in [-0.25, -0.2) is 4.99 Å². The lowest BCUT2D eigenvalue weighted by atomic mass is 10.0. The summed E-state index contributed by atoms with van der Waals surface area (Å²) in [6, 6.07) is 8.06. The third-order valence-electron chi connectivity index (χ3n) is 3.87. The fourth-order valence-electron chi connectivity index (χ4n) is 2.61. The summed E-state index contributed by atoms with van der Waals surface area (Å²) in [5.74, 6) is 0.645. The second kappa shape index (κ2) is 7.64. The lowest BCUT2D eigenvalue weighted by Gasteiger charge is -2.23. The molecule has 0 saturated heterocycles. The average Bonchev–Trinajstić information content (AvgIpc) is 2.67. The number of carbonyl (C=O) groups excluding carboxylic acids is 2. The molecule has 0 bridgehead atoms. The van der Waals surface area contributed by atoms with Crippen LogP contribution in [0.3, 0.4) is 0 Å². The molecule has 2 N–H and O–H groups in total. The molecular weight excluding hydrogens is 336 g/mol. The second-order valence-corrected chi connectivity index (χ2v) is 5.55. The molecule has 26 heavy (non-hydrogen) atoms. The molecule has 1 atom stereocenters. The van der Waals surface area contributed by atoms with E-state index in [0.717, 1.165) is 0 Å². The Hall–Kier alpha value is -3.42. The Balaban J connectivity index is 1.88. The maximum atomic E-state index is 12.3. The highest BCUT2D eigenvalue weighted by Crippen LogP contribution is 2.34. The first-order valence-electron chi connectivity index (χ1n) is 7.91. The van der Waals surface area contributed by atoms with Gasteiger partial charge in [-0.2, -0.15) is 0 Å². The van der Waals surface area contributed by atoms with Gasteiger partial charge in [0, 0.05) is 18.0 Å². The molecule has 0 fully saturated rings. The van der Waals surface area contributed by atoms with Gasteiger partial charge in [-0.1, -0.05) is 0 Å². The van der Waals surface area contributed by atoms with Gasteiger partial charge in [-0.3, -0.25) is 25.2 Å². The minimum absolute atomic E-state index is 0.0879. The van der Waals surface area contributed by atoms with Gasteiger partial charge in [-0.15, -0.1) is 0 Å². The molecular formula is C18H18N4O4. The monoisotopic (exact) mass is 354 g/mol. The molecule has 8 nitrogen and oxygen atoms in total. The van der Waals surface area contributed by atoms with Crippen LogP contribution >= 0.6 is 0 Å². The highest BCUT2D eigenvalue weighted by molar-refractivity contribution is 6.10. The number of methoxy groups -OCH3 is 2. The first-order chi connectivity index (χ1) is 12.6. The number of ether oxygens (including phenoxy) is 2. The molecule has 3 rings (SSSR count). The number of aliphatic imine (C=N–C) groups is 1. The maximum Gasteiger partial charge on any atom is 0.259 e. The number of carbonyl (C=O) groups is 2. The highest BCUT2D eigenvalue weighted by atomic mass is 16.5. The normalized spacial score (nSPS) is 16.3. The van der Waals surface area contributed by atoms with Crippen LogP contribution in [0, 0.1) is 0 Å². The molecule has 0 spiro atoms. The van der Waals surface area contributed by atoms with E-state index in [9.17, 15) is 9.59 Å². The molecule has 2 aromatic rings. The summed E-state index contributed by atoms with van der Waals surface area (Å²) < 4.78 is 10.6. The van der Waals surface area contributed by atoms with Crippen molar-refractivity contribution in [3.63, 3.8) is 0 Å². The van der Waals surface area contributed by atoms with Crippen molar-refractivity contribution >= 4 is 17.8 Å². The average molecular weight is 354 g/mol. The topological polar surface area (TPSA) is 102 Å². The van der Waals surface area contributed by atoms with E-state index in [4.69, 9.17) is 9.47 Å².